The van der Waals surface area contributed by atoms with Crippen molar-refractivity contribution in [2.24, 2.45) is 11.7 Å². The van der Waals surface area contributed by atoms with Crippen molar-refractivity contribution < 1.29 is 28.7 Å². The van der Waals surface area contributed by atoms with Gasteiger partial charge in [0.05, 0.1) is 12.2 Å². The average molecular weight is 488 g/mol. The first-order valence-electron chi connectivity index (χ1n) is 12.0. The Morgan fingerprint density at radius 1 is 1.09 bits per heavy atom. The predicted molar refractivity (Wildman–Crippen MR) is 126 cm³/mol. The van der Waals surface area contributed by atoms with E-state index in [4.69, 9.17) is 10.5 Å². The Labute approximate surface area is 203 Å². The fourth-order valence-electron chi connectivity index (χ4n) is 3.66. The third-order valence-corrected chi connectivity index (χ3v) is 5.88. The number of benzene rings is 1. The third-order valence-electron chi connectivity index (χ3n) is 5.88. The van der Waals surface area contributed by atoms with E-state index in [0.717, 1.165) is 12.8 Å². The van der Waals surface area contributed by atoms with E-state index in [9.17, 15) is 24.0 Å². The van der Waals surface area contributed by atoms with Crippen molar-refractivity contribution >= 4 is 29.5 Å². The van der Waals surface area contributed by atoms with Crippen LogP contribution < -0.4 is 31.7 Å². The molecular formula is C24H33N5O6. The summed E-state index contributed by atoms with van der Waals surface area (Å²) in [5.74, 6) is -1.53. The Hall–Kier alpha value is -3.63. The highest BCUT2D eigenvalue weighted by Gasteiger charge is 2.28. The highest BCUT2D eigenvalue weighted by Crippen LogP contribution is 2.27. The van der Waals surface area contributed by atoms with Crippen molar-refractivity contribution in [3.63, 3.8) is 0 Å². The summed E-state index contributed by atoms with van der Waals surface area (Å²) in [7, 11) is 0. The normalized spacial score (nSPS) is 22.0. The number of para-hydroxylation sites is 1. The van der Waals surface area contributed by atoms with Crippen LogP contribution in [0.1, 0.15) is 55.3 Å². The van der Waals surface area contributed by atoms with Gasteiger partial charge in [0, 0.05) is 25.9 Å². The third kappa shape index (κ3) is 8.58. The Morgan fingerprint density at radius 3 is 2.60 bits per heavy atom. The molecule has 1 aromatic rings. The van der Waals surface area contributed by atoms with Crippen molar-refractivity contribution in [2.75, 3.05) is 19.7 Å². The minimum atomic E-state index is -0.953. The van der Waals surface area contributed by atoms with Crippen molar-refractivity contribution in [2.45, 2.75) is 57.0 Å². The molecule has 1 heterocycles. The maximum atomic E-state index is 13.0. The quantitative estimate of drug-likeness (QED) is 0.370. The van der Waals surface area contributed by atoms with Crippen molar-refractivity contribution in [1.82, 2.24) is 21.3 Å². The molecule has 1 aromatic carbocycles. The van der Waals surface area contributed by atoms with Gasteiger partial charge in [-0.1, -0.05) is 12.1 Å². The van der Waals surface area contributed by atoms with E-state index in [2.05, 4.69) is 21.3 Å². The molecule has 0 bridgehead atoms. The van der Waals surface area contributed by atoms with Crippen molar-refractivity contribution in [3.05, 3.63) is 29.8 Å². The van der Waals surface area contributed by atoms with Crippen molar-refractivity contribution in [3.8, 4) is 5.75 Å². The lowest BCUT2D eigenvalue weighted by molar-refractivity contribution is -0.130. The van der Waals surface area contributed by atoms with Crippen LogP contribution in [0.25, 0.3) is 0 Å². The second-order valence-corrected chi connectivity index (χ2v) is 8.87. The number of nitrogens with two attached hydrogens (primary N) is 1. The van der Waals surface area contributed by atoms with E-state index in [1.165, 1.54) is 0 Å². The van der Waals surface area contributed by atoms with Gasteiger partial charge in [0.15, 0.2) is 0 Å². The number of ether oxygens (including phenoxy) is 1. The van der Waals surface area contributed by atoms with E-state index in [0.29, 0.717) is 24.6 Å². The molecule has 0 radical (unpaired) electrons. The molecule has 6 N–H and O–H groups in total. The zero-order valence-corrected chi connectivity index (χ0v) is 19.6. The summed E-state index contributed by atoms with van der Waals surface area (Å²) >= 11 is 0. The number of carbonyl (C=O) groups is 5. The van der Waals surface area contributed by atoms with Crippen LogP contribution in [-0.2, 0) is 19.2 Å². The van der Waals surface area contributed by atoms with Gasteiger partial charge in [0.2, 0.25) is 23.6 Å². The molecule has 1 aliphatic carbocycles. The fraction of sp³-hybridized carbons (Fsp3) is 0.542. The summed E-state index contributed by atoms with van der Waals surface area (Å²) < 4.78 is 5.76. The number of hydrogen-bond donors (Lipinski definition) is 5. The predicted octanol–water partition coefficient (Wildman–Crippen LogP) is -0.260. The maximum absolute atomic E-state index is 13.0. The van der Waals surface area contributed by atoms with E-state index < -0.39 is 35.7 Å². The maximum Gasteiger partial charge on any atom is 0.255 e. The lowest BCUT2D eigenvalue weighted by Gasteiger charge is -2.22. The molecule has 1 unspecified atom stereocenters. The highest BCUT2D eigenvalue weighted by atomic mass is 16.5. The number of primary amides is 1. The number of hydrogen-bond acceptors (Lipinski definition) is 6. The van der Waals surface area contributed by atoms with E-state index in [-0.39, 0.29) is 50.3 Å². The second-order valence-electron chi connectivity index (χ2n) is 8.87. The number of carbonyl (C=O) groups excluding carboxylic acids is 5. The lowest BCUT2D eigenvalue weighted by Crippen LogP contribution is -2.49. The van der Waals surface area contributed by atoms with Gasteiger partial charge in [-0.2, -0.15) is 0 Å². The van der Waals surface area contributed by atoms with E-state index in [1.807, 2.05) is 0 Å². The van der Waals surface area contributed by atoms with Gasteiger partial charge in [-0.05, 0) is 50.2 Å². The molecule has 2 atom stereocenters. The zero-order valence-electron chi connectivity index (χ0n) is 19.6. The van der Waals surface area contributed by atoms with Crippen LogP contribution in [0, 0.1) is 5.92 Å². The zero-order chi connectivity index (χ0) is 25.2. The van der Waals surface area contributed by atoms with Crippen molar-refractivity contribution in [1.29, 1.82) is 0 Å². The van der Waals surface area contributed by atoms with Gasteiger partial charge in [-0.25, -0.2) is 0 Å². The fourth-order valence-corrected chi connectivity index (χ4v) is 3.66. The van der Waals surface area contributed by atoms with Crippen LogP contribution in [0.2, 0.25) is 0 Å². The highest BCUT2D eigenvalue weighted by molar-refractivity contribution is 5.99. The number of nitrogens with one attached hydrogen (secondary N) is 4. The van der Waals surface area contributed by atoms with Gasteiger partial charge in [0.1, 0.15) is 17.8 Å². The minimum absolute atomic E-state index is 0.0290. The molecule has 5 amide bonds. The van der Waals surface area contributed by atoms with Gasteiger partial charge in [-0.3, -0.25) is 24.0 Å². The topological polar surface area (TPSA) is 169 Å². The molecule has 0 aromatic heterocycles. The summed E-state index contributed by atoms with van der Waals surface area (Å²) in [6, 6.07) is 4.80. The molecule has 3 rings (SSSR count). The first-order valence-corrected chi connectivity index (χ1v) is 12.0. The van der Waals surface area contributed by atoms with Crippen LogP contribution in [0.15, 0.2) is 24.3 Å². The summed E-state index contributed by atoms with van der Waals surface area (Å²) in [4.78, 5) is 62.3. The van der Waals surface area contributed by atoms with Gasteiger partial charge in [0.25, 0.3) is 5.91 Å². The molecule has 1 saturated carbocycles. The molecule has 11 heteroatoms. The van der Waals surface area contributed by atoms with Crippen LogP contribution >= 0.6 is 0 Å². The summed E-state index contributed by atoms with van der Waals surface area (Å²) in [6.45, 7) is 1.03. The van der Waals surface area contributed by atoms with Crippen LogP contribution in [0.5, 0.6) is 5.75 Å². The molecular weight excluding hydrogens is 454 g/mol. The standard InChI is InChI=1S/C24H33N5O6/c25-20(30)10-8-17-23(33)26-12-3-13-35-19-5-2-1-4-16(19)22(32)29-18(9-11-21(31)28-17)24(34)27-14-15-6-7-15/h1-2,4-5,15,17-18H,3,6-14H2,(H2,25,30)(H,26,33)(H,27,34)(H,28,31)(H,29,32)/t17?,18-/m0/s1. The summed E-state index contributed by atoms with van der Waals surface area (Å²) in [5, 5.41) is 10.9. The van der Waals surface area contributed by atoms with Gasteiger partial charge >= 0.3 is 0 Å². The summed E-state index contributed by atoms with van der Waals surface area (Å²) in [6.07, 6.45) is 2.46. The molecule has 190 valence electrons. The monoisotopic (exact) mass is 487 g/mol. The van der Waals surface area contributed by atoms with Gasteiger partial charge < -0.3 is 31.7 Å². The lowest BCUT2D eigenvalue weighted by atomic mass is 10.1. The number of rotatable bonds is 6. The van der Waals surface area contributed by atoms with Crippen LogP contribution in [0.4, 0.5) is 0 Å². The SMILES string of the molecule is NC(=O)CCC1NC(=O)CC[C@@H](C(=O)NCC2CC2)NC(=O)c2ccccc2OCCCNC1=O. The molecule has 0 saturated heterocycles. The smallest absolute Gasteiger partial charge is 0.255 e. The van der Waals surface area contributed by atoms with Gasteiger partial charge in [-0.15, -0.1) is 0 Å². The molecule has 1 fully saturated rings. The first kappa shape index (κ1) is 26.0. The molecule has 11 nitrogen and oxygen atoms in total. The van der Waals surface area contributed by atoms with E-state index in [1.54, 1.807) is 24.3 Å². The largest absolute Gasteiger partial charge is 0.493 e. The van der Waals surface area contributed by atoms with E-state index >= 15 is 0 Å². The first-order chi connectivity index (χ1) is 16.8. The molecule has 35 heavy (non-hydrogen) atoms. The van der Waals surface area contributed by atoms with Crippen LogP contribution in [-0.4, -0.2) is 61.3 Å². The molecule has 2 aliphatic rings. The summed E-state index contributed by atoms with van der Waals surface area (Å²) in [5.41, 5.74) is 5.48. The Balaban J connectivity index is 1.76. The number of amides is 5. The second kappa shape index (κ2) is 12.7. The molecule has 1 aliphatic heterocycles. The Morgan fingerprint density at radius 2 is 1.86 bits per heavy atom. The average Bonchev–Trinajstić information content (AvgIpc) is 3.66. The Kier molecular flexibility index (Phi) is 9.45. The molecule has 0 spiro atoms. The van der Waals surface area contributed by atoms with Crippen LogP contribution in [0.3, 0.4) is 0 Å². The Bertz CT molecular complexity index is 948. The minimum Gasteiger partial charge on any atom is -0.493 e. The number of fused-ring (bicyclic) bond motifs is 1.